The molecule has 1 N–H and O–H groups in total. The van der Waals surface area contributed by atoms with Gasteiger partial charge in [0.05, 0.1) is 12.0 Å². The summed E-state index contributed by atoms with van der Waals surface area (Å²) in [6.07, 6.45) is 0. The standard InChI is InChI=1S/C18H29N3O5S/c1-7-21(8-2)27(24,25)15-11-9-10-14(12-15)17(22)19-16(13(3)4)18(23)20(5)26-6/h9-13,16H,7-8H2,1-6H3,(H,19,22). The van der Waals surface area contributed by atoms with Gasteiger partial charge in [0.25, 0.3) is 11.8 Å². The molecule has 9 heteroatoms. The lowest BCUT2D eigenvalue weighted by atomic mass is 10.0. The smallest absolute Gasteiger partial charge is 0.268 e. The Labute approximate surface area is 161 Å². The quantitative estimate of drug-likeness (QED) is 0.635. The van der Waals surface area contributed by atoms with E-state index in [1.807, 2.05) is 0 Å². The van der Waals surface area contributed by atoms with Crippen LogP contribution in [0, 0.1) is 5.92 Å². The summed E-state index contributed by atoms with van der Waals surface area (Å²) in [6, 6.07) is 5.00. The molecule has 0 radical (unpaired) electrons. The summed E-state index contributed by atoms with van der Waals surface area (Å²) < 4.78 is 26.6. The number of sulfonamides is 1. The fourth-order valence-corrected chi connectivity index (χ4v) is 4.04. The van der Waals surface area contributed by atoms with Crippen molar-refractivity contribution in [3.05, 3.63) is 29.8 Å². The lowest BCUT2D eigenvalue weighted by molar-refractivity contribution is -0.171. The number of benzene rings is 1. The average Bonchev–Trinajstić information content (AvgIpc) is 2.65. The predicted octanol–water partition coefficient (Wildman–Crippen LogP) is 1.49. The third-order valence-corrected chi connectivity index (χ3v) is 6.29. The molecule has 1 unspecified atom stereocenters. The number of carbonyl (C=O) groups excluding carboxylic acids is 2. The topological polar surface area (TPSA) is 96.0 Å². The van der Waals surface area contributed by atoms with Crippen molar-refractivity contribution in [2.75, 3.05) is 27.2 Å². The van der Waals surface area contributed by atoms with Crippen molar-refractivity contribution < 1.29 is 22.8 Å². The molecule has 152 valence electrons. The molecule has 0 bridgehead atoms. The van der Waals surface area contributed by atoms with Gasteiger partial charge in [-0.1, -0.05) is 33.8 Å². The maximum atomic E-state index is 12.7. The summed E-state index contributed by atoms with van der Waals surface area (Å²) in [4.78, 5) is 29.9. The molecule has 0 heterocycles. The molecule has 0 saturated heterocycles. The first kappa shape index (κ1) is 23.1. The second-order valence-corrected chi connectivity index (χ2v) is 8.27. The van der Waals surface area contributed by atoms with Crippen molar-refractivity contribution in [2.45, 2.75) is 38.6 Å². The zero-order valence-corrected chi connectivity index (χ0v) is 17.5. The minimum Gasteiger partial charge on any atom is -0.340 e. The first-order valence-corrected chi connectivity index (χ1v) is 10.3. The fraction of sp³-hybridized carbons (Fsp3) is 0.556. The third kappa shape index (κ3) is 5.50. The van der Waals surface area contributed by atoms with Gasteiger partial charge in [-0.2, -0.15) is 4.31 Å². The molecular weight excluding hydrogens is 370 g/mol. The van der Waals surface area contributed by atoms with E-state index in [1.54, 1.807) is 27.7 Å². The van der Waals surface area contributed by atoms with Crippen LogP contribution < -0.4 is 5.32 Å². The molecule has 27 heavy (non-hydrogen) atoms. The van der Waals surface area contributed by atoms with Gasteiger partial charge in [0.15, 0.2) is 0 Å². The molecular formula is C18H29N3O5S. The summed E-state index contributed by atoms with van der Waals surface area (Å²) in [6.45, 7) is 7.78. The number of rotatable bonds is 9. The highest BCUT2D eigenvalue weighted by Crippen LogP contribution is 2.17. The number of hydroxylamine groups is 2. The maximum absolute atomic E-state index is 12.7. The van der Waals surface area contributed by atoms with E-state index in [0.717, 1.165) is 5.06 Å². The van der Waals surface area contributed by atoms with E-state index < -0.39 is 27.9 Å². The van der Waals surface area contributed by atoms with Gasteiger partial charge >= 0.3 is 0 Å². The third-order valence-electron chi connectivity index (χ3n) is 4.24. The first-order valence-electron chi connectivity index (χ1n) is 8.82. The number of carbonyl (C=O) groups is 2. The minimum atomic E-state index is -3.68. The summed E-state index contributed by atoms with van der Waals surface area (Å²) in [5.74, 6) is -1.10. The molecule has 1 atom stereocenters. The molecule has 0 aliphatic heterocycles. The van der Waals surface area contributed by atoms with Crippen molar-refractivity contribution in [1.29, 1.82) is 0 Å². The van der Waals surface area contributed by atoms with Gasteiger partial charge < -0.3 is 5.32 Å². The highest BCUT2D eigenvalue weighted by molar-refractivity contribution is 7.89. The zero-order valence-electron chi connectivity index (χ0n) is 16.7. The molecule has 8 nitrogen and oxygen atoms in total. The Kier molecular flexibility index (Phi) is 8.39. The molecule has 0 spiro atoms. The lowest BCUT2D eigenvalue weighted by Crippen LogP contribution is -2.49. The van der Waals surface area contributed by atoms with Crippen LogP contribution in [-0.2, 0) is 19.7 Å². The largest absolute Gasteiger partial charge is 0.340 e. The first-order chi connectivity index (χ1) is 12.6. The number of hydrogen-bond donors (Lipinski definition) is 1. The number of nitrogens with one attached hydrogen (secondary N) is 1. The molecule has 0 saturated carbocycles. The molecule has 0 aromatic heterocycles. The van der Waals surface area contributed by atoms with Crippen LogP contribution in [0.15, 0.2) is 29.2 Å². The van der Waals surface area contributed by atoms with Crippen molar-refractivity contribution >= 4 is 21.8 Å². The van der Waals surface area contributed by atoms with Crippen LogP contribution in [0.3, 0.4) is 0 Å². The summed E-state index contributed by atoms with van der Waals surface area (Å²) in [7, 11) is -0.858. The second kappa shape index (κ2) is 9.82. The van der Waals surface area contributed by atoms with Crippen molar-refractivity contribution in [3.63, 3.8) is 0 Å². The van der Waals surface area contributed by atoms with Crippen LogP contribution in [0.2, 0.25) is 0 Å². The van der Waals surface area contributed by atoms with Crippen LogP contribution in [0.25, 0.3) is 0 Å². The Morgan fingerprint density at radius 3 is 2.26 bits per heavy atom. The minimum absolute atomic E-state index is 0.0419. The maximum Gasteiger partial charge on any atom is 0.268 e. The van der Waals surface area contributed by atoms with Gasteiger partial charge in [-0.05, 0) is 24.1 Å². The van der Waals surface area contributed by atoms with Gasteiger partial charge in [-0.3, -0.25) is 14.4 Å². The number of nitrogens with zero attached hydrogens (tertiary/aromatic N) is 2. The zero-order chi connectivity index (χ0) is 20.8. The van der Waals surface area contributed by atoms with Gasteiger partial charge in [0.1, 0.15) is 6.04 Å². The molecule has 1 aromatic carbocycles. The molecule has 1 rings (SSSR count). The fourth-order valence-electron chi connectivity index (χ4n) is 2.53. The molecule has 2 amide bonds. The molecule has 0 fully saturated rings. The Morgan fingerprint density at radius 2 is 1.78 bits per heavy atom. The van der Waals surface area contributed by atoms with Gasteiger partial charge in [-0.25, -0.2) is 13.5 Å². The Balaban J connectivity index is 3.13. The van der Waals surface area contributed by atoms with Crippen molar-refractivity contribution in [2.24, 2.45) is 5.92 Å². The Hall–Kier alpha value is -1.97. The summed E-state index contributed by atoms with van der Waals surface area (Å²) in [5.41, 5.74) is 0.168. The van der Waals surface area contributed by atoms with E-state index in [4.69, 9.17) is 4.84 Å². The van der Waals surface area contributed by atoms with E-state index in [-0.39, 0.29) is 16.4 Å². The van der Waals surface area contributed by atoms with Crippen molar-refractivity contribution in [3.8, 4) is 0 Å². The van der Waals surface area contributed by atoms with Gasteiger partial charge in [0.2, 0.25) is 10.0 Å². The van der Waals surface area contributed by atoms with Crippen molar-refractivity contribution in [1.82, 2.24) is 14.7 Å². The van der Waals surface area contributed by atoms with E-state index in [0.29, 0.717) is 13.1 Å². The van der Waals surface area contributed by atoms with Gasteiger partial charge in [0, 0.05) is 25.7 Å². The number of likely N-dealkylation sites (N-methyl/N-ethyl adjacent to an activating group) is 1. The number of amides is 2. The second-order valence-electron chi connectivity index (χ2n) is 6.33. The number of hydrogen-bond acceptors (Lipinski definition) is 5. The predicted molar refractivity (Wildman–Crippen MR) is 102 cm³/mol. The van der Waals surface area contributed by atoms with Gasteiger partial charge in [-0.15, -0.1) is 0 Å². The van der Waals surface area contributed by atoms with Crippen LogP contribution in [0.5, 0.6) is 0 Å². The summed E-state index contributed by atoms with van der Waals surface area (Å²) in [5, 5.41) is 3.71. The molecule has 0 aliphatic rings. The van der Waals surface area contributed by atoms with Crippen LogP contribution in [0.1, 0.15) is 38.1 Å². The van der Waals surface area contributed by atoms with E-state index in [2.05, 4.69) is 5.32 Å². The Bertz CT molecular complexity index is 760. The average molecular weight is 400 g/mol. The van der Waals surface area contributed by atoms with E-state index in [1.165, 1.54) is 42.7 Å². The lowest BCUT2D eigenvalue weighted by Gasteiger charge is -2.25. The molecule has 0 aliphatic carbocycles. The van der Waals surface area contributed by atoms with E-state index >= 15 is 0 Å². The van der Waals surface area contributed by atoms with E-state index in [9.17, 15) is 18.0 Å². The Morgan fingerprint density at radius 1 is 1.19 bits per heavy atom. The van der Waals surface area contributed by atoms with Crippen LogP contribution in [0.4, 0.5) is 0 Å². The van der Waals surface area contributed by atoms with Crippen LogP contribution in [-0.4, -0.2) is 62.9 Å². The monoisotopic (exact) mass is 399 g/mol. The highest BCUT2D eigenvalue weighted by Gasteiger charge is 2.28. The molecule has 1 aromatic rings. The highest BCUT2D eigenvalue weighted by atomic mass is 32.2. The SMILES string of the molecule is CCN(CC)S(=O)(=O)c1cccc(C(=O)NC(C(=O)N(C)OC)C(C)C)c1. The summed E-state index contributed by atoms with van der Waals surface area (Å²) >= 11 is 0. The normalized spacial score (nSPS) is 12.9. The van der Waals surface area contributed by atoms with Crippen LogP contribution >= 0.6 is 0 Å².